The monoisotopic (exact) mass is 291 g/mol. The van der Waals surface area contributed by atoms with Gasteiger partial charge in [0.15, 0.2) is 0 Å². The molecule has 0 radical (unpaired) electrons. The summed E-state index contributed by atoms with van der Waals surface area (Å²) in [6, 6.07) is 8.47. The Morgan fingerprint density at radius 1 is 1.14 bits per heavy atom. The summed E-state index contributed by atoms with van der Waals surface area (Å²) >= 11 is 0. The largest absolute Gasteiger partial charge is 0.325 e. The predicted octanol–water partition coefficient (Wildman–Crippen LogP) is 3.87. The Morgan fingerprint density at radius 2 is 1.71 bits per heavy atom. The van der Waals surface area contributed by atoms with Gasteiger partial charge in [-0.15, -0.1) is 0 Å². The summed E-state index contributed by atoms with van der Waals surface area (Å²) in [5.74, 6) is 0.434. The van der Waals surface area contributed by atoms with Crippen LogP contribution in [0.3, 0.4) is 0 Å². The van der Waals surface area contributed by atoms with Crippen molar-refractivity contribution < 1.29 is 4.79 Å². The van der Waals surface area contributed by atoms with Crippen LogP contribution in [-0.4, -0.2) is 30.6 Å². The molecule has 2 N–H and O–H groups in total. The van der Waals surface area contributed by atoms with Crippen molar-refractivity contribution in [3.63, 3.8) is 0 Å². The van der Waals surface area contributed by atoms with E-state index >= 15 is 0 Å². The minimum absolute atomic E-state index is 0.0660. The number of hydrogen-bond donors (Lipinski definition) is 2. The van der Waals surface area contributed by atoms with Crippen LogP contribution < -0.4 is 10.6 Å². The summed E-state index contributed by atoms with van der Waals surface area (Å²) in [6.07, 6.45) is 0. The fraction of sp³-hybridized carbons (Fsp3) is 0.588. The summed E-state index contributed by atoms with van der Waals surface area (Å²) in [4.78, 5) is 13.9. The van der Waals surface area contributed by atoms with Crippen LogP contribution in [0, 0.1) is 5.92 Å². The molecule has 0 aliphatic carbocycles. The van der Waals surface area contributed by atoms with Gasteiger partial charge in [0.1, 0.15) is 0 Å². The second-order valence-electron chi connectivity index (χ2n) is 5.93. The number of carbonyl (C=O) groups excluding carboxylic acids is 1. The van der Waals surface area contributed by atoms with Gasteiger partial charge in [0.2, 0.25) is 0 Å². The molecule has 4 nitrogen and oxygen atoms in total. The van der Waals surface area contributed by atoms with Gasteiger partial charge in [0.05, 0.1) is 0 Å². The van der Waals surface area contributed by atoms with Gasteiger partial charge in [0.25, 0.3) is 0 Å². The zero-order valence-corrected chi connectivity index (χ0v) is 14.1. The molecular formula is C17H29N3O. The Balaban J connectivity index is 2.65. The first-order valence-corrected chi connectivity index (χ1v) is 7.74. The van der Waals surface area contributed by atoms with Gasteiger partial charge in [-0.1, -0.05) is 32.9 Å². The lowest BCUT2D eigenvalue weighted by Gasteiger charge is -2.28. The van der Waals surface area contributed by atoms with E-state index in [1.54, 1.807) is 4.90 Å². The van der Waals surface area contributed by atoms with Crippen molar-refractivity contribution in [1.29, 1.82) is 0 Å². The summed E-state index contributed by atoms with van der Waals surface area (Å²) in [6.45, 7) is 11.5. The van der Waals surface area contributed by atoms with Gasteiger partial charge < -0.3 is 15.5 Å². The Morgan fingerprint density at radius 3 is 2.19 bits per heavy atom. The Hall–Kier alpha value is -1.55. The Kier molecular flexibility index (Phi) is 6.69. The molecular weight excluding hydrogens is 262 g/mol. The highest BCUT2D eigenvalue weighted by Crippen LogP contribution is 2.17. The molecule has 4 heteroatoms. The molecule has 0 aromatic heterocycles. The number of benzene rings is 1. The summed E-state index contributed by atoms with van der Waals surface area (Å²) in [7, 11) is 1.83. The van der Waals surface area contributed by atoms with Crippen LogP contribution in [-0.2, 0) is 0 Å². The topological polar surface area (TPSA) is 44.4 Å². The third kappa shape index (κ3) is 5.05. The molecule has 0 fully saturated rings. The van der Waals surface area contributed by atoms with E-state index < -0.39 is 0 Å². The fourth-order valence-electron chi connectivity index (χ4n) is 2.12. The molecule has 0 aliphatic rings. The van der Waals surface area contributed by atoms with E-state index in [-0.39, 0.29) is 12.1 Å². The normalized spacial score (nSPS) is 13.9. The van der Waals surface area contributed by atoms with Crippen molar-refractivity contribution in [1.82, 2.24) is 10.2 Å². The van der Waals surface area contributed by atoms with Gasteiger partial charge in [0, 0.05) is 24.8 Å². The summed E-state index contributed by atoms with van der Waals surface area (Å²) in [5, 5.41) is 6.31. The van der Waals surface area contributed by atoms with Crippen LogP contribution in [0.5, 0.6) is 0 Å². The summed E-state index contributed by atoms with van der Waals surface area (Å²) < 4.78 is 0. The van der Waals surface area contributed by atoms with Crippen LogP contribution in [0.1, 0.15) is 46.2 Å². The van der Waals surface area contributed by atoms with E-state index in [0.717, 1.165) is 12.2 Å². The predicted molar refractivity (Wildman–Crippen MR) is 89.6 cm³/mol. The number of hydrogen-bond acceptors (Lipinski definition) is 2. The van der Waals surface area contributed by atoms with E-state index in [1.807, 2.05) is 19.2 Å². The SMILES string of the molecule is CCNC(C)c1ccc(NC(=O)N(C)C(C)C(C)C)cc1. The Labute approximate surface area is 128 Å². The maximum Gasteiger partial charge on any atom is 0.321 e. The second kappa shape index (κ2) is 8.03. The number of carbonyl (C=O) groups is 1. The van der Waals surface area contributed by atoms with Gasteiger partial charge in [-0.05, 0) is 44.0 Å². The average Bonchev–Trinajstić information content (AvgIpc) is 2.46. The zero-order valence-electron chi connectivity index (χ0n) is 14.1. The third-order valence-corrected chi connectivity index (χ3v) is 4.07. The van der Waals surface area contributed by atoms with Crippen LogP contribution in [0.15, 0.2) is 24.3 Å². The molecule has 1 aromatic rings. The van der Waals surface area contributed by atoms with E-state index in [1.165, 1.54) is 5.56 Å². The molecule has 2 amide bonds. The first kappa shape index (κ1) is 17.5. The van der Waals surface area contributed by atoms with Crippen molar-refractivity contribution in [2.45, 2.75) is 46.7 Å². The van der Waals surface area contributed by atoms with Crippen LogP contribution >= 0.6 is 0 Å². The number of nitrogens with zero attached hydrogens (tertiary/aromatic N) is 1. The average molecular weight is 291 g/mol. The molecule has 0 heterocycles. The second-order valence-corrected chi connectivity index (χ2v) is 5.93. The number of rotatable bonds is 6. The summed E-state index contributed by atoms with van der Waals surface area (Å²) in [5.41, 5.74) is 2.05. The van der Waals surface area contributed by atoms with E-state index in [4.69, 9.17) is 0 Å². The Bertz CT molecular complexity index is 442. The van der Waals surface area contributed by atoms with E-state index in [2.05, 4.69) is 57.4 Å². The molecule has 2 atom stereocenters. The molecule has 118 valence electrons. The fourth-order valence-corrected chi connectivity index (χ4v) is 2.12. The van der Waals surface area contributed by atoms with Crippen molar-refractivity contribution >= 4 is 11.7 Å². The molecule has 0 aliphatic heterocycles. The number of amides is 2. The smallest absolute Gasteiger partial charge is 0.321 e. The minimum atomic E-state index is -0.0660. The number of urea groups is 1. The van der Waals surface area contributed by atoms with E-state index in [9.17, 15) is 4.79 Å². The highest BCUT2D eigenvalue weighted by atomic mass is 16.2. The molecule has 2 unspecified atom stereocenters. The van der Waals surface area contributed by atoms with Crippen LogP contribution in [0.25, 0.3) is 0 Å². The first-order valence-electron chi connectivity index (χ1n) is 7.74. The number of anilines is 1. The van der Waals surface area contributed by atoms with Crippen LogP contribution in [0.2, 0.25) is 0 Å². The lowest BCUT2D eigenvalue weighted by molar-refractivity contribution is 0.193. The minimum Gasteiger partial charge on any atom is -0.325 e. The van der Waals surface area contributed by atoms with Gasteiger partial charge >= 0.3 is 6.03 Å². The molecule has 0 saturated heterocycles. The maximum absolute atomic E-state index is 12.2. The highest BCUT2D eigenvalue weighted by Gasteiger charge is 2.18. The van der Waals surface area contributed by atoms with Crippen LogP contribution in [0.4, 0.5) is 10.5 Å². The molecule has 1 aromatic carbocycles. The van der Waals surface area contributed by atoms with Crippen molar-refractivity contribution in [2.24, 2.45) is 5.92 Å². The van der Waals surface area contributed by atoms with Gasteiger partial charge in [-0.25, -0.2) is 4.79 Å². The molecule has 0 spiro atoms. The van der Waals surface area contributed by atoms with Crippen molar-refractivity contribution in [2.75, 3.05) is 18.9 Å². The number of nitrogens with one attached hydrogen (secondary N) is 2. The quantitative estimate of drug-likeness (QED) is 0.835. The molecule has 21 heavy (non-hydrogen) atoms. The molecule has 1 rings (SSSR count). The van der Waals surface area contributed by atoms with Crippen molar-refractivity contribution in [3.05, 3.63) is 29.8 Å². The third-order valence-electron chi connectivity index (χ3n) is 4.07. The molecule has 0 saturated carbocycles. The highest BCUT2D eigenvalue weighted by molar-refractivity contribution is 5.89. The van der Waals surface area contributed by atoms with Gasteiger partial charge in [-0.2, -0.15) is 0 Å². The van der Waals surface area contributed by atoms with E-state index in [0.29, 0.717) is 12.0 Å². The lowest BCUT2D eigenvalue weighted by atomic mass is 10.1. The standard InChI is InChI=1S/C17H29N3O/c1-7-18-13(4)15-8-10-16(11-9-15)19-17(21)20(6)14(5)12(2)3/h8-14,18H,7H2,1-6H3,(H,19,21). The zero-order chi connectivity index (χ0) is 16.0. The maximum atomic E-state index is 12.2. The molecule has 0 bridgehead atoms. The van der Waals surface area contributed by atoms with Gasteiger partial charge in [-0.3, -0.25) is 0 Å². The first-order chi connectivity index (χ1) is 9.86. The van der Waals surface area contributed by atoms with Crippen molar-refractivity contribution in [3.8, 4) is 0 Å². The lowest BCUT2D eigenvalue weighted by Crippen LogP contribution is -2.40.